The van der Waals surface area contributed by atoms with Gasteiger partial charge < -0.3 is 9.47 Å². The molecule has 0 saturated heterocycles. The third-order valence-corrected chi connectivity index (χ3v) is 3.76. The van der Waals surface area contributed by atoms with Crippen molar-refractivity contribution in [2.45, 2.75) is 39.2 Å². The molecule has 7 heteroatoms. The van der Waals surface area contributed by atoms with Crippen molar-refractivity contribution in [2.75, 3.05) is 0 Å². The molecule has 1 aromatic heterocycles. The van der Waals surface area contributed by atoms with Crippen molar-refractivity contribution in [2.24, 2.45) is 0 Å². The van der Waals surface area contributed by atoms with Gasteiger partial charge >= 0.3 is 6.18 Å². The van der Waals surface area contributed by atoms with Gasteiger partial charge in [0.05, 0.1) is 5.56 Å². The Labute approximate surface area is 143 Å². The molecule has 0 aliphatic rings. The molecule has 0 fully saturated rings. The summed E-state index contributed by atoms with van der Waals surface area (Å²) in [4.78, 5) is 25.9. The number of rotatable bonds is 5. The molecule has 0 saturated carbocycles. The molecule has 0 aliphatic heterocycles. The summed E-state index contributed by atoms with van der Waals surface area (Å²) in [7, 11) is 0. The van der Waals surface area contributed by atoms with Gasteiger partial charge in [0.2, 0.25) is 5.91 Å². The molecular weight excluding hydrogens is 333 g/mol. The topological polar surface area (TPSA) is 42.3 Å². The molecule has 0 radical (unpaired) electrons. The number of hydrogen-bond donors (Lipinski definition) is 0. The van der Waals surface area contributed by atoms with Gasteiger partial charge in [-0.25, -0.2) is 0 Å². The Morgan fingerprint density at radius 1 is 1.12 bits per heavy atom. The molecule has 134 valence electrons. The fourth-order valence-electron chi connectivity index (χ4n) is 2.40. The van der Waals surface area contributed by atoms with E-state index < -0.39 is 29.8 Å². The number of amides is 1. The molecule has 4 nitrogen and oxygen atoms in total. The first-order chi connectivity index (χ1) is 11.7. The molecule has 1 aromatic carbocycles. The van der Waals surface area contributed by atoms with E-state index in [4.69, 9.17) is 0 Å². The lowest BCUT2D eigenvalue weighted by atomic mass is 10.2. The molecule has 2 aromatic rings. The summed E-state index contributed by atoms with van der Waals surface area (Å²) < 4.78 is 39.2. The molecule has 25 heavy (non-hydrogen) atoms. The fraction of sp³-hybridized carbons (Fsp3) is 0.333. The van der Waals surface area contributed by atoms with E-state index in [0.717, 1.165) is 16.2 Å². The number of carbonyl (C=O) groups excluding carboxylic acids is 1. The Kier molecular flexibility index (Phi) is 5.66. The van der Waals surface area contributed by atoms with Crippen molar-refractivity contribution >= 4 is 5.91 Å². The predicted octanol–water partition coefficient (Wildman–Crippen LogP) is 3.30. The lowest BCUT2D eigenvalue weighted by Crippen LogP contribution is -2.40. The van der Waals surface area contributed by atoms with Gasteiger partial charge in [-0.1, -0.05) is 30.3 Å². The second kappa shape index (κ2) is 7.55. The highest BCUT2D eigenvalue weighted by molar-refractivity contribution is 5.76. The standard InChI is InChI=1S/C18H19F3N2O2/c1-13(2)23(10-14-6-4-3-5-7-14)17(25)12-22-11-15(18(19,20)21)8-9-16(22)24/h3-9,11,13H,10,12H2,1-2H3. The summed E-state index contributed by atoms with van der Waals surface area (Å²) in [6, 6.07) is 10.6. The molecular formula is C18H19F3N2O2. The summed E-state index contributed by atoms with van der Waals surface area (Å²) >= 11 is 0. The molecule has 0 atom stereocenters. The number of nitrogens with zero attached hydrogens (tertiary/aromatic N) is 2. The number of aromatic nitrogens is 1. The molecule has 1 heterocycles. The number of benzene rings is 1. The summed E-state index contributed by atoms with van der Waals surface area (Å²) in [5, 5.41) is 0. The van der Waals surface area contributed by atoms with Gasteiger partial charge in [-0.05, 0) is 25.5 Å². The van der Waals surface area contributed by atoms with Gasteiger partial charge in [-0.15, -0.1) is 0 Å². The van der Waals surface area contributed by atoms with E-state index in [0.29, 0.717) is 18.8 Å². The fourth-order valence-corrected chi connectivity index (χ4v) is 2.40. The summed E-state index contributed by atoms with van der Waals surface area (Å²) in [6.07, 6.45) is -3.89. The number of pyridine rings is 1. The zero-order valence-corrected chi connectivity index (χ0v) is 14.0. The van der Waals surface area contributed by atoms with Crippen LogP contribution in [0.2, 0.25) is 0 Å². The second-order valence-electron chi connectivity index (χ2n) is 5.98. The van der Waals surface area contributed by atoms with E-state index in [2.05, 4.69) is 0 Å². The van der Waals surface area contributed by atoms with E-state index >= 15 is 0 Å². The third-order valence-electron chi connectivity index (χ3n) is 3.76. The molecule has 0 N–H and O–H groups in total. The van der Waals surface area contributed by atoms with Crippen LogP contribution in [-0.4, -0.2) is 21.4 Å². The SMILES string of the molecule is CC(C)N(Cc1ccccc1)C(=O)Cn1cc(C(F)(F)F)ccc1=O. The minimum Gasteiger partial charge on any atom is -0.334 e. The van der Waals surface area contributed by atoms with Gasteiger partial charge in [0.1, 0.15) is 6.54 Å². The summed E-state index contributed by atoms with van der Waals surface area (Å²) in [6.45, 7) is 3.52. The maximum Gasteiger partial charge on any atom is 0.417 e. The van der Waals surface area contributed by atoms with Gasteiger partial charge in [0.25, 0.3) is 5.56 Å². The van der Waals surface area contributed by atoms with Crippen LogP contribution in [0.1, 0.15) is 25.0 Å². The van der Waals surface area contributed by atoms with Crippen LogP contribution in [0.3, 0.4) is 0 Å². The van der Waals surface area contributed by atoms with E-state index in [-0.39, 0.29) is 6.04 Å². The van der Waals surface area contributed by atoms with Crippen LogP contribution in [0.25, 0.3) is 0 Å². The number of alkyl halides is 3. The maximum absolute atomic E-state index is 12.8. The smallest absolute Gasteiger partial charge is 0.334 e. The summed E-state index contributed by atoms with van der Waals surface area (Å²) in [5.41, 5.74) is -0.704. The van der Waals surface area contributed by atoms with Crippen LogP contribution in [0.4, 0.5) is 13.2 Å². The molecule has 0 unspecified atom stereocenters. The quantitative estimate of drug-likeness (QED) is 0.829. The van der Waals surface area contributed by atoms with Gasteiger partial charge in [-0.2, -0.15) is 13.2 Å². The first kappa shape index (κ1) is 18.8. The minimum absolute atomic E-state index is 0.158. The minimum atomic E-state index is -4.57. The average Bonchev–Trinajstić information content (AvgIpc) is 2.54. The first-order valence-corrected chi connectivity index (χ1v) is 7.79. The number of carbonyl (C=O) groups is 1. The van der Waals surface area contributed by atoms with Crippen LogP contribution in [0, 0.1) is 0 Å². The lowest BCUT2D eigenvalue weighted by Gasteiger charge is -2.27. The van der Waals surface area contributed by atoms with Crippen molar-refractivity contribution < 1.29 is 18.0 Å². The van der Waals surface area contributed by atoms with Crippen molar-refractivity contribution in [3.8, 4) is 0 Å². The molecule has 0 spiro atoms. The molecule has 1 amide bonds. The van der Waals surface area contributed by atoms with Crippen molar-refractivity contribution in [1.29, 1.82) is 0 Å². The molecule has 0 aliphatic carbocycles. The third kappa shape index (κ3) is 4.95. The molecule has 2 rings (SSSR count). The maximum atomic E-state index is 12.8. The monoisotopic (exact) mass is 352 g/mol. The van der Waals surface area contributed by atoms with Crippen molar-refractivity contribution in [3.63, 3.8) is 0 Å². The Bertz CT molecular complexity index is 783. The van der Waals surface area contributed by atoms with Crippen LogP contribution >= 0.6 is 0 Å². The second-order valence-corrected chi connectivity index (χ2v) is 5.98. The Morgan fingerprint density at radius 3 is 2.32 bits per heavy atom. The van der Waals surface area contributed by atoms with E-state index in [1.807, 2.05) is 44.2 Å². The van der Waals surface area contributed by atoms with Crippen LogP contribution < -0.4 is 5.56 Å². The van der Waals surface area contributed by atoms with Gasteiger partial charge in [-0.3, -0.25) is 9.59 Å². The zero-order valence-electron chi connectivity index (χ0n) is 14.0. The Hall–Kier alpha value is -2.57. The number of hydrogen-bond acceptors (Lipinski definition) is 2. The summed E-state index contributed by atoms with van der Waals surface area (Å²) in [5.74, 6) is -0.416. The first-order valence-electron chi connectivity index (χ1n) is 7.79. The average molecular weight is 352 g/mol. The van der Waals surface area contributed by atoms with Gasteiger partial charge in [0.15, 0.2) is 0 Å². The highest BCUT2D eigenvalue weighted by Crippen LogP contribution is 2.28. The lowest BCUT2D eigenvalue weighted by molar-refractivity contribution is -0.139. The van der Waals surface area contributed by atoms with E-state index in [1.54, 1.807) is 0 Å². The van der Waals surface area contributed by atoms with Crippen molar-refractivity contribution in [1.82, 2.24) is 9.47 Å². The van der Waals surface area contributed by atoms with Crippen molar-refractivity contribution in [3.05, 3.63) is 70.1 Å². The largest absolute Gasteiger partial charge is 0.417 e. The predicted molar refractivity (Wildman–Crippen MR) is 87.8 cm³/mol. The Balaban J connectivity index is 2.22. The van der Waals surface area contributed by atoms with Crippen LogP contribution in [-0.2, 0) is 24.1 Å². The van der Waals surface area contributed by atoms with Gasteiger partial charge in [0, 0.05) is 24.8 Å². The Morgan fingerprint density at radius 2 is 1.76 bits per heavy atom. The zero-order chi connectivity index (χ0) is 18.6. The van der Waals surface area contributed by atoms with Crippen LogP contribution in [0.5, 0.6) is 0 Å². The van der Waals surface area contributed by atoms with E-state index in [9.17, 15) is 22.8 Å². The highest BCUT2D eigenvalue weighted by atomic mass is 19.4. The van der Waals surface area contributed by atoms with E-state index in [1.165, 1.54) is 4.90 Å². The molecule has 0 bridgehead atoms. The van der Waals surface area contributed by atoms with Crippen LogP contribution in [0.15, 0.2) is 53.5 Å². The highest BCUT2D eigenvalue weighted by Gasteiger charge is 2.31. The normalized spacial score (nSPS) is 11.6. The number of halogens is 3.